The standard InChI is InChI=1S/C20H26N6O3S/c1-4-8-16-17-18(24(3)23-16)20(27)26(19(22-17)15-9-6-5-7-10-15)30(28,29)25-12-11-21-13-14(25)2/h5-7,9-10,14,21H,4,8,11-13H2,1-3H3. The number of aryl methyl sites for hydroxylation is 2. The maximum Gasteiger partial charge on any atom is 0.312 e. The summed E-state index contributed by atoms with van der Waals surface area (Å²) in [6.45, 7) is 5.19. The Bertz CT molecular complexity index is 1230. The van der Waals surface area contributed by atoms with Crippen molar-refractivity contribution in [3.05, 3.63) is 46.4 Å². The van der Waals surface area contributed by atoms with Crippen LogP contribution in [0.1, 0.15) is 26.0 Å². The predicted octanol–water partition coefficient (Wildman–Crippen LogP) is 1.14. The molecule has 1 atom stereocenters. The smallest absolute Gasteiger partial charge is 0.312 e. The summed E-state index contributed by atoms with van der Waals surface area (Å²) in [4.78, 5) is 18.3. The van der Waals surface area contributed by atoms with Crippen LogP contribution in [0.4, 0.5) is 0 Å². The van der Waals surface area contributed by atoms with E-state index in [1.54, 1.807) is 31.3 Å². The largest absolute Gasteiger partial charge is 0.314 e. The zero-order valence-corrected chi connectivity index (χ0v) is 18.2. The van der Waals surface area contributed by atoms with Crippen LogP contribution in [0.2, 0.25) is 0 Å². The van der Waals surface area contributed by atoms with E-state index in [0.29, 0.717) is 36.3 Å². The molecule has 0 aliphatic carbocycles. The summed E-state index contributed by atoms with van der Waals surface area (Å²) in [6, 6.07) is 8.67. The molecule has 2 aromatic heterocycles. The third-order valence-electron chi connectivity index (χ3n) is 5.38. The second kappa shape index (κ2) is 7.93. The number of nitrogens with zero attached hydrogens (tertiary/aromatic N) is 5. The number of aromatic nitrogens is 4. The maximum atomic E-state index is 13.7. The molecule has 1 aliphatic heterocycles. The molecule has 0 radical (unpaired) electrons. The molecule has 0 saturated carbocycles. The molecule has 30 heavy (non-hydrogen) atoms. The molecule has 1 aliphatic rings. The first kappa shape index (κ1) is 20.7. The highest BCUT2D eigenvalue weighted by molar-refractivity contribution is 7.87. The Morgan fingerprint density at radius 3 is 2.63 bits per heavy atom. The van der Waals surface area contributed by atoms with Crippen LogP contribution in [-0.4, -0.2) is 57.1 Å². The lowest BCUT2D eigenvalue weighted by Crippen LogP contribution is -2.55. The van der Waals surface area contributed by atoms with Gasteiger partial charge >= 0.3 is 10.2 Å². The minimum absolute atomic E-state index is 0.115. The number of nitrogens with one attached hydrogen (secondary N) is 1. The lowest BCUT2D eigenvalue weighted by molar-refractivity contribution is 0.281. The van der Waals surface area contributed by atoms with Gasteiger partial charge in [-0.3, -0.25) is 9.48 Å². The first-order valence-electron chi connectivity index (χ1n) is 10.1. The van der Waals surface area contributed by atoms with Crippen LogP contribution in [0.25, 0.3) is 22.4 Å². The van der Waals surface area contributed by atoms with Gasteiger partial charge in [0.05, 0.1) is 5.69 Å². The van der Waals surface area contributed by atoms with Gasteiger partial charge in [-0.15, -0.1) is 0 Å². The average Bonchev–Trinajstić information content (AvgIpc) is 3.04. The van der Waals surface area contributed by atoms with Crippen LogP contribution in [-0.2, 0) is 23.7 Å². The molecule has 1 N–H and O–H groups in total. The molecule has 10 heteroatoms. The van der Waals surface area contributed by atoms with Gasteiger partial charge in [0, 0.05) is 38.3 Å². The van der Waals surface area contributed by atoms with Crippen LogP contribution in [0.3, 0.4) is 0 Å². The molecule has 1 saturated heterocycles. The molecule has 1 aromatic carbocycles. The molecule has 0 amide bonds. The van der Waals surface area contributed by atoms with Crippen molar-refractivity contribution in [1.82, 2.24) is 28.4 Å². The van der Waals surface area contributed by atoms with E-state index in [1.807, 2.05) is 19.9 Å². The topological polar surface area (TPSA) is 102 Å². The van der Waals surface area contributed by atoms with Crippen LogP contribution in [0.5, 0.6) is 0 Å². The van der Waals surface area contributed by atoms with Crippen LogP contribution < -0.4 is 10.9 Å². The molecule has 3 aromatic rings. The van der Waals surface area contributed by atoms with Crippen molar-refractivity contribution in [2.24, 2.45) is 7.05 Å². The molecule has 160 valence electrons. The fraction of sp³-hybridized carbons (Fsp3) is 0.450. The van der Waals surface area contributed by atoms with Gasteiger partial charge in [-0.2, -0.15) is 21.8 Å². The summed E-state index contributed by atoms with van der Waals surface area (Å²) >= 11 is 0. The summed E-state index contributed by atoms with van der Waals surface area (Å²) in [5, 5.41) is 7.63. The third-order valence-corrected chi connectivity index (χ3v) is 7.31. The SMILES string of the molecule is CCCc1nn(C)c2c(=O)n(S(=O)(=O)N3CCNCC3C)c(-c3ccccc3)nc12. The zero-order chi connectivity index (χ0) is 21.5. The number of rotatable bonds is 5. The highest BCUT2D eigenvalue weighted by Gasteiger charge is 2.35. The van der Waals surface area contributed by atoms with Gasteiger partial charge in [0.15, 0.2) is 11.3 Å². The average molecular weight is 431 g/mol. The molecular weight excluding hydrogens is 404 g/mol. The summed E-state index contributed by atoms with van der Waals surface area (Å²) in [6.07, 6.45) is 1.50. The van der Waals surface area contributed by atoms with Gasteiger partial charge in [-0.05, 0) is 13.3 Å². The Labute approximate surface area is 175 Å². The molecular formula is C20H26N6O3S. The normalized spacial score (nSPS) is 18.2. The van der Waals surface area contributed by atoms with Gasteiger partial charge in [0.1, 0.15) is 5.52 Å². The quantitative estimate of drug-likeness (QED) is 0.651. The van der Waals surface area contributed by atoms with E-state index >= 15 is 0 Å². The van der Waals surface area contributed by atoms with Gasteiger partial charge in [-0.1, -0.05) is 43.7 Å². The van der Waals surface area contributed by atoms with Crippen molar-refractivity contribution in [3.8, 4) is 11.4 Å². The highest BCUT2D eigenvalue weighted by atomic mass is 32.2. The van der Waals surface area contributed by atoms with E-state index in [9.17, 15) is 13.2 Å². The Hall–Kier alpha value is -2.56. The van der Waals surface area contributed by atoms with Crippen molar-refractivity contribution in [2.75, 3.05) is 19.6 Å². The molecule has 1 unspecified atom stereocenters. The van der Waals surface area contributed by atoms with E-state index < -0.39 is 15.8 Å². The summed E-state index contributed by atoms with van der Waals surface area (Å²) in [5.41, 5.74) is 1.30. The number of fused-ring (bicyclic) bond motifs is 1. The molecule has 9 nitrogen and oxygen atoms in total. The van der Waals surface area contributed by atoms with E-state index in [4.69, 9.17) is 0 Å². The summed E-state index contributed by atoms with van der Waals surface area (Å²) < 4.78 is 31.0. The Morgan fingerprint density at radius 1 is 1.23 bits per heavy atom. The second-order valence-corrected chi connectivity index (χ2v) is 9.29. The highest BCUT2D eigenvalue weighted by Crippen LogP contribution is 2.24. The minimum Gasteiger partial charge on any atom is -0.314 e. The first-order valence-corrected chi connectivity index (χ1v) is 11.5. The van der Waals surface area contributed by atoms with Gasteiger partial charge in [-0.25, -0.2) is 4.98 Å². The predicted molar refractivity (Wildman–Crippen MR) is 116 cm³/mol. The van der Waals surface area contributed by atoms with Crippen molar-refractivity contribution in [1.29, 1.82) is 0 Å². The Kier molecular flexibility index (Phi) is 5.48. The van der Waals surface area contributed by atoms with Crippen molar-refractivity contribution < 1.29 is 8.42 Å². The molecule has 0 spiro atoms. The van der Waals surface area contributed by atoms with Crippen molar-refractivity contribution in [2.45, 2.75) is 32.7 Å². The maximum absolute atomic E-state index is 13.7. The van der Waals surface area contributed by atoms with Gasteiger partial charge < -0.3 is 5.32 Å². The number of hydrogen-bond acceptors (Lipinski definition) is 6. The van der Waals surface area contributed by atoms with Crippen LogP contribution in [0.15, 0.2) is 35.1 Å². The monoisotopic (exact) mass is 430 g/mol. The van der Waals surface area contributed by atoms with Gasteiger partial charge in [0.2, 0.25) is 0 Å². The van der Waals surface area contributed by atoms with Crippen LogP contribution in [0, 0.1) is 0 Å². The van der Waals surface area contributed by atoms with Crippen molar-refractivity contribution in [3.63, 3.8) is 0 Å². The molecule has 3 heterocycles. The van der Waals surface area contributed by atoms with Gasteiger partial charge in [0.25, 0.3) is 5.56 Å². The van der Waals surface area contributed by atoms with E-state index in [2.05, 4.69) is 15.4 Å². The van der Waals surface area contributed by atoms with E-state index in [0.717, 1.165) is 10.4 Å². The zero-order valence-electron chi connectivity index (χ0n) is 17.4. The number of piperazine rings is 1. The molecule has 4 rings (SSSR count). The Balaban J connectivity index is 2.06. The van der Waals surface area contributed by atoms with Crippen molar-refractivity contribution >= 4 is 21.2 Å². The third kappa shape index (κ3) is 3.34. The Morgan fingerprint density at radius 2 is 1.97 bits per heavy atom. The summed E-state index contributed by atoms with van der Waals surface area (Å²) in [7, 11) is -2.49. The lowest BCUT2D eigenvalue weighted by atomic mass is 10.2. The lowest BCUT2D eigenvalue weighted by Gasteiger charge is -2.33. The fourth-order valence-electron chi connectivity index (χ4n) is 3.93. The number of hydrogen-bond donors (Lipinski definition) is 1. The summed E-state index contributed by atoms with van der Waals surface area (Å²) in [5.74, 6) is 0.115. The van der Waals surface area contributed by atoms with E-state index in [1.165, 1.54) is 8.99 Å². The van der Waals surface area contributed by atoms with E-state index in [-0.39, 0.29) is 23.9 Å². The minimum atomic E-state index is -4.14. The molecule has 0 bridgehead atoms. The number of benzene rings is 1. The first-order chi connectivity index (χ1) is 14.4. The fourth-order valence-corrected chi connectivity index (χ4v) is 5.65. The second-order valence-electron chi connectivity index (χ2n) is 7.56. The van der Waals surface area contributed by atoms with Crippen LogP contribution >= 0.6 is 0 Å². The molecule has 1 fully saturated rings.